The molecule has 0 aliphatic heterocycles. The van der Waals surface area contributed by atoms with Crippen molar-refractivity contribution in [1.82, 2.24) is 9.36 Å². The molecule has 5 heteroatoms. The molecule has 0 aliphatic rings. The summed E-state index contributed by atoms with van der Waals surface area (Å²) in [5.74, 6) is 0.670. The van der Waals surface area contributed by atoms with E-state index >= 15 is 0 Å². The Bertz CT molecular complexity index is 271. The van der Waals surface area contributed by atoms with E-state index in [1.54, 1.807) is 0 Å². The number of halogens is 1. The first-order chi connectivity index (χ1) is 5.72. The van der Waals surface area contributed by atoms with Gasteiger partial charge in [-0.25, -0.2) is 4.98 Å². The molecule has 1 N–H and O–H groups in total. The lowest BCUT2D eigenvalue weighted by Crippen LogP contribution is -2.01. The van der Waals surface area contributed by atoms with Crippen molar-refractivity contribution in [3.8, 4) is 0 Å². The first kappa shape index (κ1) is 9.61. The van der Waals surface area contributed by atoms with Crippen LogP contribution >= 0.6 is 23.1 Å². The van der Waals surface area contributed by atoms with Crippen LogP contribution in [0.4, 0.5) is 0 Å². The SMILES string of the molecule is CCCC(=N)Cc1nsc(Cl)n1. The molecule has 0 aliphatic carbocycles. The van der Waals surface area contributed by atoms with E-state index in [0.717, 1.165) is 12.8 Å². The minimum Gasteiger partial charge on any atom is -0.309 e. The smallest absolute Gasteiger partial charge is 0.203 e. The molecule has 1 aromatic rings. The fraction of sp³-hybridized carbons (Fsp3) is 0.571. The maximum absolute atomic E-state index is 7.52. The van der Waals surface area contributed by atoms with Crippen molar-refractivity contribution in [2.75, 3.05) is 0 Å². The van der Waals surface area contributed by atoms with Gasteiger partial charge in [-0.05, 0) is 29.6 Å². The third-order valence-electron chi connectivity index (χ3n) is 1.37. The second-order valence-corrected chi connectivity index (χ2v) is 3.83. The molecule has 0 spiro atoms. The van der Waals surface area contributed by atoms with Crippen LogP contribution in [0.1, 0.15) is 25.6 Å². The Labute approximate surface area is 80.5 Å². The molecular weight excluding hydrogens is 194 g/mol. The lowest BCUT2D eigenvalue weighted by Gasteiger charge is -1.95. The Morgan fingerprint density at radius 3 is 2.92 bits per heavy atom. The molecule has 3 nitrogen and oxygen atoms in total. The first-order valence-corrected chi connectivity index (χ1v) is 4.92. The quantitative estimate of drug-likeness (QED) is 0.765. The molecule has 1 aromatic heterocycles. The average Bonchev–Trinajstić information content (AvgIpc) is 2.36. The highest BCUT2D eigenvalue weighted by molar-refractivity contribution is 7.10. The summed E-state index contributed by atoms with van der Waals surface area (Å²) < 4.78 is 4.45. The fourth-order valence-electron chi connectivity index (χ4n) is 0.885. The molecule has 1 rings (SSSR count). The monoisotopic (exact) mass is 203 g/mol. The van der Waals surface area contributed by atoms with Gasteiger partial charge in [-0.15, -0.1) is 0 Å². The molecule has 0 saturated heterocycles. The van der Waals surface area contributed by atoms with Crippen molar-refractivity contribution >= 4 is 28.8 Å². The van der Waals surface area contributed by atoms with Crippen LogP contribution in [0.5, 0.6) is 0 Å². The third kappa shape index (κ3) is 2.87. The van der Waals surface area contributed by atoms with Crippen molar-refractivity contribution in [2.45, 2.75) is 26.2 Å². The van der Waals surface area contributed by atoms with Gasteiger partial charge in [0.1, 0.15) is 5.82 Å². The lowest BCUT2D eigenvalue weighted by molar-refractivity contribution is 0.949. The first-order valence-electron chi connectivity index (χ1n) is 3.76. The summed E-state index contributed by atoms with van der Waals surface area (Å²) in [6.07, 6.45) is 2.35. The molecule has 0 unspecified atom stereocenters. The van der Waals surface area contributed by atoms with Crippen LogP contribution in [0.2, 0.25) is 4.47 Å². The van der Waals surface area contributed by atoms with Crippen molar-refractivity contribution in [2.24, 2.45) is 0 Å². The van der Waals surface area contributed by atoms with E-state index < -0.39 is 0 Å². The van der Waals surface area contributed by atoms with Gasteiger partial charge in [0.05, 0.1) is 0 Å². The standard InChI is InChI=1S/C7H10ClN3S/c1-2-3-5(9)4-6-10-7(8)12-11-6/h9H,2-4H2,1H3. The van der Waals surface area contributed by atoms with Crippen molar-refractivity contribution in [1.29, 1.82) is 5.41 Å². The zero-order chi connectivity index (χ0) is 8.97. The zero-order valence-electron chi connectivity index (χ0n) is 6.80. The Kier molecular flexibility index (Phi) is 3.62. The van der Waals surface area contributed by atoms with Gasteiger partial charge in [0.2, 0.25) is 4.47 Å². The summed E-state index contributed by atoms with van der Waals surface area (Å²) in [6.45, 7) is 2.05. The second-order valence-electron chi connectivity index (χ2n) is 2.49. The molecule has 66 valence electrons. The van der Waals surface area contributed by atoms with Gasteiger partial charge in [0, 0.05) is 12.1 Å². The summed E-state index contributed by atoms with van der Waals surface area (Å²) in [5.41, 5.74) is 0.673. The number of rotatable bonds is 4. The maximum Gasteiger partial charge on any atom is 0.203 e. The second kappa shape index (κ2) is 4.52. The van der Waals surface area contributed by atoms with E-state index in [1.807, 2.05) is 0 Å². The maximum atomic E-state index is 7.52. The highest BCUT2D eigenvalue weighted by Crippen LogP contribution is 2.11. The van der Waals surface area contributed by atoms with E-state index in [2.05, 4.69) is 16.3 Å². The Balaban J connectivity index is 2.46. The highest BCUT2D eigenvalue weighted by atomic mass is 35.5. The molecule has 0 amide bonds. The Morgan fingerprint density at radius 1 is 1.67 bits per heavy atom. The summed E-state index contributed by atoms with van der Waals surface area (Å²) in [5, 5.41) is 7.52. The van der Waals surface area contributed by atoms with Crippen molar-refractivity contribution in [3.05, 3.63) is 10.3 Å². The lowest BCUT2D eigenvalue weighted by atomic mass is 10.1. The van der Waals surface area contributed by atoms with Crippen LogP contribution in [0, 0.1) is 5.41 Å². The van der Waals surface area contributed by atoms with Crippen LogP contribution in [-0.4, -0.2) is 15.1 Å². The zero-order valence-corrected chi connectivity index (χ0v) is 8.37. The van der Waals surface area contributed by atoms with Crippen LogP contribution in [0.15, 0.2) is 0 Å². The number of hydrogen-bond donors (Lipinski definition) is 1. The number of hydrogen-bond acceptors (Lipinski definition) is 4. The van der Waals surface area contributed by atoms with Crippen molar-refractivity contribution < 1.29 is 0 Å². The highest BCUT2D eigenvalue weighted by Gasteiger charge is 2.04. The van der Waals surface area contributed by atoms with Crippen LogP contribution < -0.4 is 0 Å². The molecule has 0 atom stereocenters. The van der Waals surface area contributed by atoms with Gasteiger partial charge in [-0.3, -0.25) is 0 Å². The molecule has 0 aromatic carbocycles. The van der Waals surface area contributed by atoms with Gasteiger partial charge >= 0.3 is 0 Å². The van der Waals surface area contributed by atoms with Crippen molar-refractivity contribution in [3.63, 3.8) is 0 Å². The third-order valence-corrected chi connectivity index (χ3v) is 2.20. The summed E-state index contributed by atoms with van der Waals surface area (Å²) in [6, 6.07) is 0. The van der Waals surface area contributed by atoms with E-state index in [0.29, 0.717) is 22.4 Å². The minimum atomic E-state index is 0.453. The summed E-state index contributed by atoms with van der Waals surface area (Å²) in [7, 11) is 0. The Morgan fingerprint density at radius 2 is 2.42 bits per heavy atom. The minimum absolute atomic E-state index is 0.453. The molecule has 0 bridgehead atoms. The summed E-state index contributed by atoms with van der Waals surface area (Å²) in [4.78, 5) is 3.96. The van der Waals surface area contributed by atoms with E-state index in [4.69, 9.17) is 17.0 Å². The van der Waals surface area contributed by atoms with Crippen LogP contribution in [0.25, 0.3) is 0 Å². The van der Waals surface area contributed by atoms with E-state index in [-0.39, 0.29) is 0 Å². The molecule has 1 heterocycles. The average molecular weight is 204 g/mol. The molecule has 12 heavy (non-hydrogen) atoms. The van der Waals surface area contributed by atoms with Gasteiger partial charge in [0.15, 0.2) is 0 Å². The molecular formula is C7H10ClN3S. The molecule has 0 fully saturated rings. The van der Waals surface area contributed by atoms with Gasteiger partial charge in [-0.1, -0.05) is 13.3 Å². The number of nitrogens with one attached hydrogen (secondary N) is 1. The van der Waals surface area contributed by atoms with E-state index in [9.17, 15) is 0 Å². The predicted molar refractivity (Wildman–Crippen MR) is 51.3 cm³/mol. The van der Waals surface area contributed by atoms with Gasteiger partial charge < -0.3 is 5.41 Å². The van der Waals surface area contributed by atoms with E-state index in [1.165, 1.54) is 11.5 Å². The van der Waals surface area contributed by atoms with Crippen LogP contribution in [0.3, 0.4) is 0 Å². The predicted octanol–water partition coefficient (Wildman–Crippen LogP) is 2.55. The number of aromatic nitrogens is 2. The number of nitrogens with zero attached hydrogens (tertiary/aromatic N) is 2. The van der Waals surface area contributed by atoms with Gasteiger partial charge in [-0.2, -0.15) is 4.37 Å². The van der Waals surface area contributed by atoms with Crippen LogP contribution in [-0.2, 0) is 6.42 Å². The summed E-state index contributed by atoms with van der Waals surface area (Å²) >= 11 is 6.77. The normalized spacial score (nSPS) is 10.2. The molecule has 0 radical (unpaired) electrons. The van der Waals surface area contributed by atoms with Gasteiger partial charge in [0.25, 0.3) is 0 Å². The fourth-order valence-corrected chi connectivity index (χ4v) is 1.52. The Hall–Kier alpha value is -0.480. The molecule has 0 saturated carbocycles. The largest absolute Gasteiger partial charge is 0.309 e. The topological polar surface area (TPSA) is 49.6 Å².